The molecule has 0 unspecified atom stereocenters. The average Bonchev–Trinajstić information content (AvgIpc) is 3.24. The number of hydrogen-bond donors (Lipinski definition) is 0. The van der Waals surface area contributed by atoms with Gasteiger partial charge in [0, 0.05) is 23.9 Å². The van der Waals surface area contributed by atoms with E-state index in [4.69, 9.17) is 4.74 Å². The summed E-state index contributed by atoms with van der Waals surface area (Å²) in [7, 11) is 3.54. The minimum absolute atomic E-state index is 0.0606. The molecule has 0 saturated heterocycles. The van der Waals surface area contributed by atoms with E-state index in [0.717, 1.165) is 23.2 Å². The van der Waals surface area contributed by atoms with Crippen molar-refractivity contribution in [2.45, 2.75) is 11.6 Å². The molecule has 0 atom stereocenters. The number of thiophene rings is 1. The number of ketones is 1. The van der Waals surface area contributed by atoms with E-state index in [0.29, 0.717) is 11.3 Å². The molecule has 0 N–H and O–H groups in total. The van der Waals surface area contributed by atoms with E-state index in [1.807, 2.05) is 17.7 Å². The molecule has 3 rings (SSSR count). The molecule has 1 aromatic carbocycles. The molecule has 5 nitrogen and oxygen atoms in total. The molecular formula is C17H17N3O2S2. The zero-order valence-electron chi connectivity index (χ0n) is 13.4. The van der Waals surface area contributed by atoms with Crippen molar-refractivity contribution in [1.82, 2.24) is 14.8 Å². The number of rotatable bonds is 7. The predicted octanol–water partition coefficient (Wildman–Crippen LogP) is 3.45. The average molecular weight is 359 g/mol. The van der Waals surface area contributed by atoms with Gasteiger partial charge in [-0.3, -0.25) is 4.79 Å². The van der Waals surface area contributed by atoms with E-state index in [1.54, 1.807) is 42.7 Å². The molecule has 2 heterocycles. The van der Waals surface area contributed by atoms with Gasteiger partial charge in [-0.2, -0.15) is 0 Å². The van der Waals surface area contributed by atoms with Crippen LogP contribution in [0.1, 0.15) is 21.1 Å². The number of ether oxygens (including phenoxy) is 1. The summed E-state index contributed by atoms with van der Waals surface area (Å²) < 4.78 is 7.05. The third kappa shape index (κ3) is 3.85. The lowest BCUT2D eigenvalue weighted by Crippen LogP contribution is -2.04. The standard InChI is InChI=1S/C17H17N3O2S2/c1-20-16(10-14-4-3-9-23-14)18-19-17(20)24-11-15(21)12-5-7-13(22-2)8-6-12/h3-9H,10-11H2,1-2H3. The number of aromatic nitrogens is 3. The van der Waals surface area contributed by atoms with Crippen LogP contribution >= 0.6 is 23.1 Å². The van der Waals surface area contributed by atoms with E-state index in [1.165, 1.54) is 16.6 Å². The van der Waals surface area contributed by atoms with Crippen LogP contribution in [0.5, 0.6) is 5.75 Å². The molecule has 124 valence electrons. The second-order valence-electron chi connectivity index (χ2n) is 5.15. The third-order valence-corrected chi connectivity index (χ3v) is 5.48. The molecule has 3 aromatic rings. The van der Waals surface area contributed by atoms with Gasteiger partial charge in [0.25, 0.3) is 0 Å². The Morgan fingerprint density at radius 3 is 2.71 bits per heavy atom. The summed E-state index contributed by atoms with van der Waals surface area (Å²) in [4.78, 5) is 13.5. The van der Waals surface area contributed by atoms with Crippen LogP contribution in [0.2, 0.25) is 0 Å². The Morgan fingerprint density at radius 1 is 1.25 bits per heavy atom. The molecule has 0 saturated carbocycles. The van der Waals surface area contributed by atoms with Crippen molar-refractivity contribution in [3.8, 4) is 5.75 Å². The van der Waals surface area contributed by atoms with Gasteiger partial charge in [0.05, 0.1) is 12.9 Å². The maximum absolute atomic E-state index is 12.3. The van der Waals surface area contributed by atoms with Crippen LogP contribution in [-0.4, -0.2) is 33.4 Å². The number of nitrogens with zero attached hydrogens (tertiary/aromatic N) is 3. The summed E-state index contributed by atoms with van der Waals surface area (Å²) in [6.07, 6.45) is 0.758. The molecule has 0 aliphatic carbocycles. The smallest absolute Gasteiger partial charge is 0.191 e. The normalized spacial score (nSPS) is 10.8. The topological polar surface area (TPSA) is 57.0 Å². The van der Waals surface area contributed by atoms with Gasteiger partial charge in [-0.1, -0.05) is 17.8 Å². The summed E-state index contributed by atoms with van der Waals surface area (Å²) in [6.45, 7) is 0. The van der Waals surface area contributed by atoms with Crippen molar-refractivity contribution in [3.63, 3.8) is 0 Å². The lowest BCUT2D eigenvalue weighted by molar-refractivity contribution is 0.102. The summed E-state index contributed by atoms with van der Waals surface area (Å²) in [5.41, 5.74) is 0.671. The minimum Gasteiger partial charge on any atom is -0.497 e. The maximum atomic E-state index is 12.3. The molecule has 0 aliphatic heterocycles. The summed E-state index contributed by atoms with van der Waals surface area (Å²) in [5.74, 6) is 2.03. The maximum Gasteiger partial charge on any atom is 0.191 e. The number of Topliss-reactive ketones (excluding diaryl/α,β-unsaturated/α-hetero) is 1. The molecule has 2 aromatic heterocycles. The highest BCUT2D eigenvalue weighted by atomic mass is 32.2. The van der Waals surface area contributed by atoms with Crippen LogP contribution in [0.15, 0.2) is 46.9 Å². The minimum atomic E-state index is 0.0606. The summed E-state index contributed by atoms with van der Waals surface area (Å²) in [5, 5.41) is 11.2. The number of thioether (sulfide) groups is 1. The largest absolute Gasteiger partial charge is 0.497 e. The van der Waals surface area contributed by atoms with Crippen LogP contribution in [0.3, 0.4) is 0 Å². The fourth-order valence-corrected chi connectivity index (χ4v) is 3.71. The molecule has 0 aliphatic rings. The van der Waals surface area contributed by atoms with E-state index in [-0.39, 0.29) is 5.78 Å². The zero-order valence-corrected chi connectivity index (χ0v) is 15.1. The Hall–Kier alpha value is -2.12. The Labute approximate surface area is 148 Å². The Balaban J connectivity index is 1.61. The van der Waals surface area contributed by atoms with Crippen molar-refractivity contribution in [2.75, 3.05) is 12.9 Å². The molecule has 0 amide bonds. The number of benzene rings is 1. The van der Waals surface area contributed by atoms with Gasteiger partial charge in [-0.15, -0.1) is 21.5 Å². The first-order valence-corrected chi connectivity index (χ1v) is 9.24. The van der Waals surface area contributed by atoms with Crippen molar-refractivity contribution >= 4 is 28.9 Å². The Bertz CT molecular complexity index is 811. The van der Waals surface area contributed by atoms with Crippen molar-refractivity contribution < 1.29 is 9.53 Å². The van der Waals surface area contributed by atoms with Crippen LogP contribution in [0.25, 0.3) is 0 Å². The van der Waals surface area contributed by atoms with E-state index in [2.05, 4.69) is 21.6 Å². The summed E-state index contributed by atoms with van der Waals surface area (Å²) in [6, 6.07) is 11.2. The fourth-order valence-electron chi connectivity index (χ4n) is 2.18. The lowest BCUT2D eigenvalue weighted by atomic mass is 10.1. The van der Waals surface area contributed by atoms with Gasteiger partial charge in [-0.25, -0.2) is 0 Å². The Morgan fingerprint density at radius 2 is 2.04 bits per heavy atom. The number of methoxy groups -OCH3 is 1. The van der Waals surface area contributed by atoms with E-state index in [9.17, 15) is 4.79 Å². The SMILES string of the molecule is COc1ccc(C(=O)CSc2nnc(Cc3cccs3)n2C)cc1. The van der Waals surface area contributed by atoms with E-state index < -0.39 is 0 Å². The highest BCUT2D eigenvalue weighted by Crippen LogP contribution is 2.21. The fraction of sp³-hybridized carbons (Fsp3) is 0.235. The highest BCUT2D eigenvalue weighted by molar-refractivity contribution is 7.99. The number of carbonyl (C=O) groups is 1. The first-order valence-electron chi connectivity index (χ1n) is 7.38. The van der Waals surface area contributed by atoms with Gasteiger partial charge < -0.3 is 9.30 Å². The second kappa shape index (κ2) is 7.63. The zero-order chi connectivity index (χ0) is 16.9. The molecule has 0 bridgehead atoms. The molecule has 0 fully saturated rings. The van der Waals surface area contributed by atoms with Crippen molar-refractivity contribution in [3.05, 3.63) is 58.0 Å². The molecular weight excluding hydrogens is 342 g/mol. The summed E-state index contributed by atoms with van der Waals surface area (Å²) >= 11 is 3.11. The molecule has 7 heteroatoms. The van der Waals surface area contributed by atoms with Gasteiger partial charge >= 0.3 is 0 Å². The van der Waals surface area contributed by atoms with Gasteiger partial charge in [-0.05, 0) is 35.7 Å². The Kier molecular flexibility index (Phi) is 5.32. The predicted molar refractivity (Wildman–Crippen MR) is 96.2 cm³/mol. The van der Waals surface area contributed by atoms with Crippen LogP contribution in [0.4, 0.5) is 0 Å². The molecule has 24 heavy (non-hydrogen) atoms. The van der Waals surface area contributed by atoms with Crippen LogP contribution < -0.4 is 4.74 Å². The molecule has 0 radical (unpaired) electrons. The quantitative estimate of drug-likeness (QED) is 0.478. The number of carbonyl (C=O) groups excluding carboxylic acids is 1. The van der Waals surface area contributed by atoms with Gasteiger partial charge in [0.2, 0.25) is 0 Å². The van der Waals surface area contributed by atoms with Crippen LogP contribution in [-0.2, 0) is 13.5 Å². The first kappa shape index (κ1) is 16.7. The van der Waals surface area contributed by atoms with Crippen molar-refractivity contribution in [1.29, 1.82) is 0 Å². The molecule has 0 spiro atoms. The van der Waals surface area contributed by atoms with Crippen molar-refractivity contribution in [2.24, 2.45) is 7.05 Å². The van der Waals surface area contributed by atoms with E-state index >= 15 is 0 Å². The van der Waals surface area contributed by atoms with Crippen LogP contribution in [0, 0.1) is 0 Å². The second-order valence-corrected chi connectivity index (χ2v) is 7.13. The third-order valence-electron chi connectivity index (χ3n) is 3.58. The highest BCUT2D eigenvalue weighted by Gasteiger charge is 2.13. The lowest BCUT2D eigenvalue weighted by Gasteiger charge is -2.04. The van der Waals surface area contributed by atoms with Gasteiger partial charge in [0.1, 0.15) is 11.6 Å². The monoisotopic (exact) mass is 359 g/mol. The first-order chi connectivity index (χ1) is 11.7. The number of hydrogen-bond acceptors (Lipinski definition) is 6. The van der Waals surface area contributed by atoms with Gasteiger partial charge in [0.15, 0.2) is 10.9 Å².